The second-order valence-electron chi connectivity index (χ2n) is 4.66. The van der Waals surface area contributed by atoms with E-state index in [1.165, 1.54) is 4.90 Å². The SMILES string of the molecule is CC(C(=O)N1CCCC1C(=O)O)c1ccccc1. The van der Waals surface area contributed by atoms with E-state index in [4.69, 9.17) is 5.11 Å². The number of hydrogen-bond donors (Lipinski definition) is 1. The number of amides is 1. The van der Waals surface area contributed by atoms with Crippen molar-refractivity contribution in [3.63, 3.8) is 0 Å². The summed E-state index contributed by atoms with van der Waals surface area (Å²) in [6, 6.07) is 8.82. The molecule has 1 aromatic carbocycles. The molecule has 1 heterocycles. The van der Waals surface area contributed by atoms with E-state index in [0.717, 1.165) is 12.0 Å². The number of carboxylic acids is 1. The van der Waals surface area contributed by atoms with Crippen LogP contribution in [0.2, 0.25) is 0 Å². The fourth-order valence-electron chi connectivity index (χ4n) is 2.42. The minimum Gasteiger partial charge on any atom is -0.480 e. The molecule has 0 bridgehead atoms. The number of carbonyl (C=O) groups excluding carboxylic acids is 1. The first-order chi connectivity index (χ1) is 8.61. The van der Waals surface area contributed by atoms with Crippen molar-refractivity contribution in [2.45, 2.75) is 31.7 Å². The fraction of sp³-hybridized carbons (Fsp3) is 0.429. The van der Waals surface area contributed by atoms with Crippen LogP contribution in [-0.4, -0.2) is 34.5 Å². The van der Waals surface area contributed by atoms with E-state index in [0.29, 0.717) is 13.0 Å². The summed E-state index contributed by atoms with van der Waals surface area (Å²) in [6.07, 6.45) is 1.33. The van der Waals surface area contributed by atoms with Crippen molar-refractivity contribution < 1.29 is 14.7 Å². The van der Waals surface area contributed by atoms with Crippen LogP contribution in [0.15, 0.2) is 30.3 Å². The molecule has 1 aromatic rings. The lowest BCUT2D eigenvalue weighted by Gasteiger charge is -2.25. The Balaban J connectivity index is 2.14. The second-order valence-corrected chi connectivity index (χ2v) is 4.66. The van der Waals surface area contributed by atoms with Crippen LogP contribution in [0, 0.1) is 0 Å². The molecule has 0 radical (unpaired) electrons. The second kappa shape index (κ2) is 5.21. The number of likely N-dealkylation sites (tertiary alicyclic amines) is 1. The van der Waals surface area contributed by atoms with Gasteiger partial charge in [0.1, 0.15) is 6.04 Å². The maximum absolute atomic E-state index is 12.3. The summed E-state index contributed by atoms with van der Waals surface area (Å²) in [6.45, 7) is 2.38. The van der Waals surface area contributed by atoms with Gasteiger partial charge in [-0.2, -0.15) is 0 Å². The summed E-state index contributed by atoms with van der Waals surface area (Å²) < 4.78 is 0. The quantitative estimate of drug-likeness (QED) is 0.887. The summed E-state index contributed by atoms with van der Waals surface area (Å²) in [5, 5.41) is 9.09. The summed E-state index contributed by atoms with van der Waals surface area (Å²) in [7, 11) is 0. The Morgan fingerprint density at radius 3 is 2.61 bits per heavy atom. The first-order valence-electron chi connectivity index (χ1n) is 6.19. The van der Waals surface area contributed by atoms with Gasteiger partial charge in [-0.25, -0.2) is 4.79 Å². The first kappa shape index (κ1) is 12.6. The molecule has 1 N–H and O–H groups in total. The van der Waals surface area contributed by atoms with Gasteiger partial charge >= 0.3 is 5.97 Å². The van der Waals surface area contributed by atoms with Crippen LogP contribution < -0.4 is 0 Å². The maximum atomic E-state index is 12.3. The number of carboxylic acid groups (broad SMARTS) is 1. The normalized spacial score (nSPS) is 20.7. The Morgan fingerprint density at radius 1 is 1.33 bits per heavy atom. The van der Waals surface area contributed by atoms with E-state index >= 15 is 0 Å². The highest BCUT2D eigenvalue weighted by Crippen LogP contribution is 2.24. The zero-order valence-corrected chi connectivity index (χ0v) is 10.4. The van der Waals surface area contributed by atoms with Gasteiger partial charge in [0, 0.05) is 6.54 Å². The van der Waals surface area contributed by atoms with Crippen molar-refractivity contribution in [2.24, 2.45) is 0 Å². The van der Waals surface area contributed by atoms with Gasteiger partial charge in [0.15, 0.2) is 0 Å². The third-order valence-electron chi connectivity index (χ3n) is 3.49. The molecule has 2 unspecified atom stereocenters. The van der Waals surface area contributed by atoms with Gasteiger partial charge in [0.25, 0.3) is 0 Å². The molecule has 0 spiro atoms. The van der Waals surface area contributed by atoms with Gasteiger partial charge in [-0.1, -0.05) is 30.3 Å². The maximum Gasteiger partial charge on any atom is 0.326 e. The number of benzene rings is 1. The summed E-state index contributed by atoms with van der Waals surface area (Å²) in [5.41, 5.74) is 0.929. The van der Waals surface area contributed by atoms with E-state index < -0.39 is 12.0 Å². The molecule has 2 rings (SSSR count). The number of carbonyl (C=O) groups is 2. The lowest BCUT2D eigenvalue weighted by Crippen LogP contribution is -2.42. The van der Waals surface area contributed by atoms with Crippen molar-refractivity contribution in [3.05, 3.63) is 35.9 Å². The average Bonchev–Trinajstić information content (AvgIpc) is 2.87. The molecule has 1 aliphatic heterocycles. The molecule has 4 heteroatoms. The predicted octanol–water partition coefficient (Wildman–Crippen LogP) is 1.87. The molecule has 4 nitrogen and oxygen atoms in total. The van der Waals surface area contributed by atoms with E-state index in [-0.39, 0.29) is 11.8 Å². The van der Waals surface area contributed by atoms with Crippen LogP contribution >= 0.6 is 0 Å². The molecule has 0 aliphatic carbocycles. The van der Waals surface area contributed by atoms with E-state index in [1.54, 1.807) is 0 Å². The number of hydrogen-bond acceptors (Lipinski definition) is 2. The molecule has 0 aromatic heterocycles. The average molecular weight is 247 g/mol. The monoisotopic (exact) mass is 247 g/mol. The van der Waals surface area contributed by atoms with Gasteiger partial charge in [0.05, 0.1) is 5.92 Å². The minimum atomic E-state index is -0.902. The van der Waals surface area contributed by atoms with Crippen molar-refractivity contribution in [2.75, 3.05) is 6.54 Å². The van der Waals surface area contributed by atoms with Crippen molar-refractivity contribution in [1.82, 2.24) is 4.90 Å². The zero-order chi connectivity index (χ0) is 13.1. The van der Waals surface area contributed by atoms with E-state index in [1.807, 2.05) is 37.3 Å². The standard InChI is InChI=1S/C14H17NO3/c1-10(11-6-3-2-4-7-11)13(16)15-9-5-8-12(15)14(17)18/h2-4,6-7,10,12H,5,8-9H2,1H3,(H,17,18). The van der Waals surface area contributed by atoms with Crippen LogP contribution in [0.1, 0.15) is 31.2 Å². The smallest absolute Gasteiger partial charge is 0.326 e. The van der Waals surface area contributed by atoms with Crippen LogP contribution in [0.5, 0.6) is 0 Å². The predicted molar refractivity (Wildman–Crippen MR) is 67.2 cm³/mol. The highest BCUT2D eigenvalue weighted by molar-refractivity contribution is 5.88. The third kappa shape index (κ3) is 2.37. The van der Waals surface area contributed by atoms with Crippen LogP contribution in [0.25, 0.3) is 0 Å². The van der Waals surface area contributed by atoms with Gasteiger partial charge < -0.3 is 10.0 Å². The summed E-state index contributed by atoms with van der Waals surface area (Å²) in [4.78, 5) is 24.9. The summed E-state index contributed by atoms with van der Waals surface area (Å²) >= 11 is 0. The molecule has 2 atom stereocenters. The molecule has 96 valence electrons. The van der Waals surface area contributed by atoms with Crippen LogP contribution in [-0.2, 0) is 9.59 Å². The van der Waals surface area contributed by atoms with E-state index in [2.05, 4.69) is 0 Å². The topological polar surface area (TPSA) is 57.6 Å². The molecular formula is C14H17NO3. The summed E-state index contributed by atoms with van der Waals surface area (Å²) in [5.74, 6) is -1.28. The zero-order valence-electron chi connectivity index (χ0n) is 10.4. The molecule has 1 saturated heterocycles. The first-order valence-corrected chi connectivity index (χ1v) is 6.19. The third-order valence-corrected chi connectivity index (χ3v) is 3.49. The van der Waals surface area contributed by atoms with Gasteiger partial charge in [-0.3, -0.25) is 4.79 Å². The Bertz CT molecular complexity index is 444. The van der Waals surface area contributed by atoms with Gasteiger partial charge in [-0.15, -0.1) is 0 Å². The Morgan fingerprint density at radius 2 is 2.00 bits per heavy atom. The molecule has 1 fully saturated rings. The Kier molecular flexibility index (Phi) is 3.65. The number of nitrogens with zero attached hydrogens (tertiary/aromatic N) is 1. The highest BCUT2D eigenvalue weighted by atomic mass is 16.4. The van der Waals surface area contributed by atoms with Gasteiger partial charge in [-0.05, 0) is 25.3 Å². The molecule has 1 aliphatic rings. The molecule has 1 amide bonds. The van der Waals surface area contributed by atoms with Gasteiger partial charge in [0.2, 0.25) is 5.91 Å². The number of rotatable bonds is 3. The largest absolute Gasteiger partial charge is 0.480 e. The number of aliphatic carboxylic acids is 1. The molecular weight excluding hydrogens is 230 g/mol. The Labute approximate surface area is 106 Å². The van der Waals surface area contributed by atoms with Crippen LogP contribution in [0.3, 0.4) is 0 Å². The van der Waals surface area contributed by atoms with Crippen LogP contribution in [0.4, 0.5) is 0 Å². The molecule has 18 heavy (non-hydrogen) atoms. The lowest BCUT2D eigenvalue weighted by atomic mass is 9.99. The van der Waals surface area contributed by atoms with Crippen molar-refractivity contribution >= 4 is 11.9 Å². The minimum absolute atomic E-state index is 0.0916. The van der Waals surface area contributed by atoms with E-state index in [9.17, 15) is 9.59 Å². The van der Waals surface area contributed by atoms with Crippen molar-refractivity contribution in [1.29, 1.82) is 0 Å². The highest BCUT2D eigenvalue weighted by Gasteiger charge is 2.35. The van der Waals surface area contributed by atoms with Crippen molar-refractivity contribution in [3.8, 4) is 0 Å². The lowest BCUT2D eigenvalue weighted by molar-refractivity contribution is -0.148. The fourth-order valence-corrected chi connectivity index (χ4v) is 2.42. The Hall–Kier alpha value is -1.84. The molecule has 0 saturated carbocycles.